The molecule has 20 heavy (non-hydrogen) atoms. The maximum absolute atomic E-state index is 5.94. The lowest BCUT2D eigenvalue weighted by atomic mass is 10.1. The van der Waals surface area contributed by atoms with E-state index >= 15 is 0 Å². The van der Waals surface area contributed by atoms with Crippen molar-refractivity contribution in [3.05, 3.63) is 30.6 Å². The topological polar surface area (TPSA) is 62.3 Å². The first-order valence-electron chi connectivity index (χ1n) is 6.88. The molecule has 1 atom stereocenters. The van der Waals surface area contributed by atoms with E-state index in [0.29, 0.717) is 11.4 Å². The minimum absolute atomic E-state index is 0.0459. The highest BCUT2D eigenvalue weighted by molar-refractivity contribution is 5.76. The third-order valence-corrected chi connectivity index (χ3v) is 3.61. The number of hydrogen-bond acceptors (Lipinski definition) is 4. The van der Waals surface area contributed by atoms with Gasteiger partial charge < -0.3 is 15.2 Å². The Morgan fingerprint density at radius 1 is 1.40 bits per heavy atom. The summed E-state index contributed by atoms with van der Waals surface area (Å²) in [5, 5.41) is 4.42. The van der Waals surface area contributed by atoms with Crippen LogP contribution in [0, 0.1) is 0 Å². The molecule has 106 valence electrons. The van der Waals surface area contributed by atoms with Crippen LogP contribution in [0.3, 0.4) is 0 Å². The zero-order valence-corrected chi connectivity index (χ0v) is 11.6. The van der Waals surface area contributed by atoms with E-state index in [1.165, 1.54) is 6.42 Å². The predicted octanol–water partition coefficient (Wildman–Crippen LogP) is 2.84. The second-order valence-corrected chi connectivity index (χ2v) is 4.96. The smallest absolute Gasteiger partial charge is 0.150 e. The second kappa shape index (κ2) is 5.54. The van der Waals surface area contributed by atoms with Crippen LogP contribution in [0.1, 0.15) is 25.5 Å². The van der Waals surface area contributed by atoms with Crippen molar-refractivity contribution in [3.8, 4) is 16.9 Å². The molecule has 2 aromatic rings. The number of benzene rings is 1. The van der Waals surface area contributed by atoms with Crippen molar-refractivity contribution < 1.29 is 9.47 Å². The maximum atomic E-state index is 5.94. The summed E-state index contributed by atoms with van der Waals surface area (Å²) in [7, 11) is 1.63. The third kappa shape index (κ3) is 2.36. The molecule has 1 saturated heterocycles. The lowest BCUT2D eigenvalue weighted by Crippen LogP contribution is -2.18. The van der Waals surface area contributed by atoms with Gasteiger partial charge in [0.25, 0.3) is 0 Å². The van der Waals surface area contributed by atoms with Gasteiger partial charge in [-0.1, -0.05) is 12.1 Å². The van der Waals surface area contributed by atoms with Crippen LogP contribution in [0.5, 0.6) is 5.75 Å². The molecule has 5 heteroatoms. The standard InChI is InChI=1S/C15H19N3O2/c1-19-15-12(5-4-6-13(15)16)11-9-17-18(10-11)14-7-2-3-8-20-14/h4-6,9-10,14H,2-3,7-8,16H2,1H3. The Balaban J connectivity index is 1.92. The van der Waals surface area contributed by atoms with Crippen LogP contribution in [0.25, 0.3) is 11.1 Å². The van der Waals surface area contributed by atoms with Crippen molar-refractivity contribution in [1.82, 2.24) is 9.78 Å². The molecule has 2 heterocycles. The zero-order valence-electron chi connectivity index (χ0n) is 11.6. The van der Waals surface area contributed by atoms with Crippen LogP contribution in [-0.2, 0) is 4.74 Å². The fourth-order valence-electron chi connectivity index (χ4n) is 2.58. The zero-order chi connectivity index (χ0) is 13.9. The highest BCUT2D eigenvalue weighted by atomic mass is 16.5. The number of para-hydroxylation sites is 1. The molecule has 1 fully saturated rings. The molecule has 1 unspecified atom stereocenters. The van der Waals surface area contributed by atoms with E-state index < -0.39 is 0 Å². The van der Waals surface area contributed by atoms with E-state index in [-0.39, 0.29) is 6.23 Å². The van der Waals surface area contributed by atoms with Crippen molar-refractivity contribution >= 4 is 5.69 Å². The number of methoxy groups -OCH3 is 1. The molecule has 0 amide bonds. The molecule has 1 aromatic carbocycles. The van der Waals surface area contributed by atoms with Gasteiger partial charge in [0, 0.05) is 23.9 Å². The van der Waals surface area contributed by atoms with Gasteiger partial charge in [-0.05, 0) is 25.3 Å². The van der Waals surface area contributed by atoms with E-state index in [9.17, 15) is 0 Å². The molecule has 0 bridgehead atoms. The number of nitrogens with zero attached hydrogens (tertiary/aromatic N) is 2. The summed E-state index contributed by atoms with van der Waals surface area (Å²) in [4.78, 5) is 0. The van der Waals surface area contributed by atoms with E-state index in [0.717, 1.165) is 30.6 Å². The summed E-state index contributed by atoms with van der Waals surface area (Å²) >= 11 is 0. The second-order valence-electron chi connectivity index (χ2n) is 4.96. The summed E-state index contributed by atoms with van der Waals surface area (Å²) in [6.07, 6.45) is 7.19. The Hall–Kier alpha value is -2.01. The molecule has 1 aromatic heterocycles. The van der Waals surface area contributed by atoms with Crippen LogP contribution in [-0.4, -0.2) is 23.5 Å². The molecule has 3 rings (SSSR count). The SMILES string of the molecule is COc1c(N)cccc1-c1cnn(C2CCCCO2)c1. The van der Waals surface area contributed by atoms with Crippen molar-refractivity contribution in [1.29, 1.82) is 0 Å². The number of anilines is 1. The van der Waals surface area contributed by atoms with Gasteiger partial charge >= 0.3 is 0 Å². The van der Waals surface area contributed by atoms with Gasteiger partial charge in [-0.15, -0.1) is 0 Å². The molecule has 0 spiro atoms. The van der Waals surface area contributed by atoms with E-state index in [2.05, 4.69) is 5.10 Å². The van der Waals surface area contributed by atoms with Crippen LogP contribution in [0.15, 0.2) is 30.6 Å². The first-order chi connectivity index (χ1) is 9.79. The van der Waals surface area contributed by atoms with Crippen LogP contribution in [0.4, 0.5) is 5.69 Å². The minimum atomic E-state index is 0.0459. The summed E-state index contributed by atoms with van der Waals surface area (Å²) in [5.41, 5.74) is 8.52. The van der Waals surface area contributed by atoms with Gasteiger partial charge in [0.2, 0.25) is 0 Å². The van der Waals surface area contributed by atoms with E-state index in [1.54, 1.807) is 7.11 Å². The Bertz CT molecular complexity index is 589. The molecule has 5 nitrogen and oxygen atoms in total. The molecular weight excluding hydrogens is 254 g/mol. The Morgan fingerprint density at radius 3 is 3.05 bits per heavy atom. The lowest BCUT2D eigenvalue weighted by molar-refractivity contribution is -0.0394. The summed E-state index contributed by atoms with van der Waals surface area (Å²) in [5.74, 6) is 0.691. The molecule has 0 radical (unpaired) electrons. The molecule has 2 N–H and O–H groups in total. The normalized spacial score (nSPS) is 18.9. The van der Waals surface area contributed by atoms with Gasteiger partial charge in [-0.3, -0.25) is 0 Å². The average Bonchev–Trinajstić information content (AvgIpc) is 2.97. The highest BCUT2D eigenvalue weighted by Gasteiger charge is 2.18. The van der Waals surface area contributed by atoms with Crippen molar-refractivity contribution in [2.45, 2.75) is 25.5 Å². The number of ether oxygens (including phenoxy) is 2. The number of rotatable bonds is 3. The summed E-state index contributed by atoms with van der Waals surface area (Å²) < 4.78 is 13.0. The van der Waals surface area contributed by atoms with Gasteiger partial charge in [-0.25, -0.2) is 4.68 Å². The van der Waals surface area contributed by atoms with Gasteiger partial charge in [0.15, 0.2) is 0 Å². The fraction of sp³-hybridized carbons (Fsp3) is 0.400. The lowest BCUT2D eigenvalue weighted by Gasteiger charge is -2.22. The van der Waals surface area contributed by atoms with E-state index in [1.807, 2.05) is 35.3 Å². The first-order valence-corrected chi connectivity index (χ1v) is 6.88. The quantitative estimate of drug-likeness (QED) is 0.873. The molecule has 1 aliphatic heterocycles. The van der Waals surface area contributed by atoms with Gasteiger partial charge in [0.05, 0.1) is 19.0 Å². The Morgan fingerprint density at radius 2 is 2.30 bits per heavy atom. The Labute approximate surface area is 118 Å². The van der Waals surface area contributed by atoms with Crippen molar-refractivity contribution in [3.63, 3.8) is 0 Å². The largest absolute Gasteiger partial charge is 0.494 e. The van der Waals surface area contributed by atoms with E-state index in [4.69, 9.17) is 15.2 Å². The fourth-order valence-corrected chi connectivity index (χ4v) is 2.58. The predicted molar refractivity (Wildman–Crippen MR) is 77.5 cm³/mol. The number of nitrogen functional groups attached to an aromatic ring is 1. The van der Waals surface area contributed by atoms with Crippen LogP contribution < -0.4 is 10.5 Å². The first kappa shape index (κ1) is 13.0. The maximum Gasteiger partial charge on any atom is 0.150 e. The molecular formula is C15H19N3O2. The van der Waals surface area contributed by atoms with Gasteiger partial charge in [0.1, 0.15) is 12.0 Å². The minimum Gasteiger partial charge on any atom is -0.494 e. The van der Waals surface area contributed by atoms with Crippen LogP contribution >= 0.6 is 0 Å². The number of aromatic nitrogens is 2. The molecule has 1 aliphatic rings. The van der Waals surface area contributed by atoms with Gasteiger partial charge in [-0.2, -0.15) is 5.10 Å². The van der Waals surface area contributed by atoms with Crippen molar-refractivity contribution in [2.75, 3.05) is 19.5 Å². The number of nitrogens with two attached hydrogens (primary N) is 1. The molecule has 0 aliphatic carbocycles. The third-order valence-electron chi connectivity index (χ3n) is 3.61. The summed E-state index contributed by atoms with van der Waals surface area (Å²) in [6, 6.07) is 5.73. The Kier molecular flexibility index (Phi) is 3.60. The van der Waals surface area contributed by atoms with Crippen LogP contribution in [0.2, 0.25) is 0 Å². The van der Waals surface area contributed by atoms with Crippen molar-refractivity contribution in [2.24, 2.45) is 0 Å². The highest BCUT2D eigenvalue weighted by Crippen LogP contribution is 2.35. The monoisotopic (exact) mass is 273 g/mol. The molecule has 0 saturated carbocycles. The summed E-state index contributed by atoms with van der Waals surface area (Å²) in [6.45, 7) is 0.807. The number of hydrogen-bond donors (Lipinski definition) is 1. The average molecular weight is 273 g/mol.